The normalized spacial score (nSPS) is 10.6. The van der Waals surface area contributed by atoms with Gasteiger partial charge < -0.3 is 25.8 Å². The molecule has 0 aliphatic carbocycles. The molecule has 2 amide bonds. The van der Waals surface area contributed by atoms with Crippen LogP contribution in [0.15, 0.2) is 24.3 Å². The fourth-order valence-electron chi connectivity index (χ4n) is 1.61. The summed E-state index contributed by atoms with van der Waals surface area (Å²) in [5.74, 6) is 0. The number of benzene rings is 1. The molecule has 0 spiro atoms. The lowest BCUT2D eigenvalue weighted by Crippen LogP contribution is -2.37. The predicted molar refractivity (Wildman–Crippen MR) is 78.4 cm³/mol. The summed E-state index contributed by atoms with van der Waals surface area (Å²) in [6.45, 7) is 5.62. The van der Waals surface area contributed by atoms with E-state index in [2.05, 4.69) is 10.6 Å². The van der Waals surface area contributed by atoms with Gasteiger partial charge in [-0.25, -0.2) is 4.79 Å². The van der Waals surface area contributed by atoms with Gasteiger partial charge in [0.25, 0.3) is 0 Å². The van der Waals surface area contributed by atoms with Gasteiger partial charge in [-0.05, 0) is 31.5 Å². The summed E-state index contributed by atoms with van der Waals surface area (Å²) in [5, 5.41) is 5.44. The number of urea groups is 1. The first kappa shape index (κ1) is 16.4. The number of hydrogen-bond donors (Lipinski definition) is 3. The van der Waals surface area contributed by atoms with Crippen molar-refractivity contribution in [3.8, 4) is 0 Å². The predicted octanol–water partition coefficient (Wildman–Crippen LogP) is 1.67. The minimum Gasteiger partial charge on any atom is -0.351 e. The Hall–Kier alpha value is -1.63. The summed E-state index contributed by atoms with van der Waals surface area (Å²) >= 11 is 0. The molecule has 6 heteroatoms. The van der Waals surface area contributed by atoms with E-state index in [4.69, 9.17) is 15.2 Å². The highest BCUT2D eigenvalue weighted by Gasteiger charge is 2.09. The van der Waals surface area contributed by atoms with E-state index in [-0.39, 0.29) is 6.03 Å². The lowest BCUT2D eigenvalue weighted by atomic mass is 10.2. The van der Waals surface area contributed by atoms with Gasteiger partial charge in [-0.15, -0.1) is 0 Å². The molecule has 0 aliphatic heterocycles. The smallest absolute Gasteiger partial charge is 0.319 e. The van der Waals surface area contributed by atoms with Crippen LogP contribution in [0.4, 0.5) is 10.5 Å². The number of amides is 2. The summed E-state index contributed by atoms with van der Waals surface area (Å²) in [6, 6.07) is 7.07. The Balaban J connectivity index is 2.38. The number of ether oxygens (including phenoxy) is 2. The van der Waals surface area contributed by atoms with Crippen molar-refractivity contribution in [2.24, 2.45) is 5.73 Å². The van der Waals surface area contributed by atoms with Gasteiger partial charge in [0.2, 0.25) is 0 Å². The molecule has 1 aromatic carbocycles. The summed E-state index contributed by atoms with van der Waals surface area (Å²) in [5.41, 5.74) is 7.24. The maximum atomic E-state index is 11.7. The Morgan fingerprint density at radius 2 is 1.80 bits per heavy atom. The molecular weight excluding hydrogens is 258 g/mol. The van der Waals surface area contributed by atoms with Crippen molar-refractivity contribution in [2.75, 3.05) is 25.1 Å². The highest BCUT2D eigenvalue weighted by molar-refractivity contribution is 5.89. The van der Waals surface area contributed by atoms with E-state index >= 15 is 0 Å². The molecule has 1 aromatic rings. The summed E-state index contributed by atoms with van der Waals surface area (Å²) in [4.78, 5) is 11.7. The van der Waals surface area contributed by atoms with Crippen LogP contribution in [-0.4, -0.2) is 32.1 Å². The van der Waals surface area contributed by atoms with Gasteiger partial charge in [-0.1, -0.05) is 12.1 Å². The molecule has 0 heterocycles. The topological polar surface area (TPSA) is 85.6 Å². The molecule has 0 unspecified atom stereocenters. The Kier molecular flexibility index (Phi) is 7.64. The Bertz CT molecular complexity index is 389. The summed E-state index contributed by atoms with van der Waals surface area (Å²) in [7, 11) is 0. The lowest BCUT2D eigenvalue weighted by Gasteiger charge is -2.17. The van der Waals surface area contributed by atoms with Crippen molar-refractivity contribution in [3.63, 3.8) is 0 Å². The van der Waals surface area contributed by atoms with Gasteiger partial charge >= 0.3 is 6.03 Å². The molecule has 0 saturated carbocycles. The van der Waals surface area contributed by atoms with E-state index in [1.807, 2.05) is 38.1 Å². The van der Waals surface area contributed by atoms with E-state index in [1.54, 1.807) is 0 Å². The zero-order valence-corrected chi connectivity index (χ0v) is 12.0. The minimum absolute atomic E-state index is 0.296. The number of hydrogen-bond acceptors (Lipinski definition) is 4. The third kappa shape index (κ3) is 6.01. The maximum Gasteiger partial charge on any atom is 0.319 e. The summed E-state index contributed by atoms with van der Waals surface area (Å²) < 4.78 is 10.7. The van der Waals surface area contributed by atoms with Crippen LogP contribution < -0.4 is 16.4 Å². The summed E-state index contributed by atoms with van der Waals surface area (Å²) in [6.07, 6.45) is -0.421. The second-order valence-corrected chi connectivity index (χ2v) is 4.08. The van der Waals surface area contributed by atoms with Crippen molar-refractivity contribution in [2.45, 2.75) is 26.7 Å². The van der Waals surface area contributed by atoms with Crippen LogP contribution in [0.2, 0.25) is 0 Å². The van der Waals surface area contributed by atoms with Crippen LogP contribution in [0.3, 0.4) is 0 Å². The van der Waals surface area contributed by atoms with E-state index in [9.17, 15) is 4.79 Å². The van der Waals surface area contributed by atoms with Gasteiger partial charge in [0, 0.05) is 25.4 Å². The van der Waals surface area contributed by atoms with Crippen LogP contribution >= 0.6 is 0 Å². The molecule has 0 fully saturated rings. The van der Waals surface area contributed by atoms with Gasteiger partial charge in [-0.3, -0.25) is 0 Å². The molecule has 0 aromatic heterocycles. The number of anilines is 1. The average Bonchev–Trinajstić information content (AvgIpc) is 2.46. The van der Waals surface area contributed by atoms with E-state index < -0.39 is 6.29 Å². The fraction of sp³-hybridized carbons (Fsp3) is 0.500. The van der Waals surface area contributed by atoms with Gasteiger partial charge in [0.15, 0.2) is 6.29 Å². The van der Waals surface area contributed by atoms with E-state index in [0.29, 0.717) is 32.0 Å². The molecule has 0 radical (unpaired) electrons. The fourth-order valence-corrected chi connectivity index (χ4v) is 1.61. The van der Waals surface area contributed by atoms with Crippen molar-refractivity contribution in [3.05, 3.63) is 29.8 Å². The zero-order valence-electron chi connectivity index (χ0n) is 12.0. The first-order valence-electron chi connectivity index (χ1n) is 6.76. The molecule has 1 rings (SSSR count). The molecule has 6 nitrogen and oxygen atoms in total. The van der Waals surface area contributed by atoms with E-state index in [1.165, 1.54) is 0 Å². The van der Waals surface area contributed by atoms with E-state index in [0.717, 1.165) is 5.56 Å². The monoisotopic (exact) mass is 281 g/mol. The molecule has 0 atom stereocenters. The van der Waals surface area contributed by atoms with Crippen molar-refractivity contribution >= 4 is 11.7 Å². The number of nitrogens with two attached hydrogens (primary N) is 1. The molecule has 20 heavy (non-hydrogen) atoms. The highest BCUT2D eigenvalue weighted by Crippen LogP contribution is 2.08. The lowest BCUT2D eigenvalue weighted by molar-refractivity contribution is -0.131. The third-order valence-electron chi connectivity index (χ3n) is 2.58. The molecule has 0 saturated heterocycles. The van der Waals surface area contributed by atoms with Crippen LogP contribution in [-0.2, 0) is 16.0 Å². The SMILES string of the molecule is CCOC(CNC(=O)Nc1ccc(CN)cc1)OCC. The van der Waals surface area contributed by atoms with Gasteiger partial charge in [0.05, 0.1) is 6.54 Å². The quantitative estimate of drug-likeness (QED) is 0.633. The van der Waals surface area contributed by atoms with Crippen molar-refractivity contribution in [1.82, 2.24) is 5.32 Å². The first-order valence-corrected chi connectivity index (χ1v) is 6.76. The molecular formula is C14H23N3O3. The standard InChI is InChI=1S/C14H23N3O3/c1-3-19-13(20-4-2)10-16-14(18)17-12-7-5-11(9-15)6-8-12/h5-8,13H,3-4,9-10,15H2,1-2H3,(H2,16,17,18). The number of nitrogens with one attached hydrogen (secondary N) is 2. The largest absolute Gasteiger partial charge is 0.351 e. The molecule has 4 N–H and O–H groups in total. The van der Waals surface area contributed by atoms with Crippen LogP contribution in [0.1, 0.15) is 19.4 Å². The maximum absolute atomic E-state index is 11.7. The zero-order chi connectivity index (χ0) is 14.8. The number of carbonyl (C=O) groups is 1. The van der Waals surface area contributed by atoms with Crippen LogP contribution in [0, 0.1) is 0 Å². The number of carbonyl (C=O) groups excluding carboxylic acids is 1. The Labute approximate surface area is 119 Å². The van der Waals surface area contributed by atoms with Crippen LogP contribution in [0.5, 0.6) is 0 Å². The van der Waals surface area contributed by atoms with Crippen molar-refractivity contribution in [1.29, 1.82) is 0 Å². The first-order chi connectivity index (χ1) is 9.69. The Morgan fingerprint density at radius 3 is 2.30 bits per heavy atom. The number of rotatable bonds is 8. The molecule has 112 valence electrons. The van der Waals surface area contributed by atoms with Crippen molar-refractivity contribution < 1.29 is 14.3 Å². The molecule has 0 aliphatic rings. The average molecular weight is 281 g/mol. The second kappa shape index (κ2) is 9.30. The molecule has 0 bridgehead atoms. The van der Waals surface area contributed by atoms with Gasteiger partial charge in [-0.2, -0.15) is 0 Å². The highest BCUT2D eigenvalue weighted by atomic mass is 16.7. The minimum atomic E-state index is -0.421. The second-order valence-electron chi connectivity index (χ2n) is 4.08. The van der Waals surface area contributed by atoms with Gasteiger partial charge in [0.1, 0.15) is 0 Å². The Morgan fingerprint density at radius 1 is 1.20 bits per heavy atom. The third-order valence-corrected chi connectivity index (χ3v) is 2.58. The van der Waals surface area contributed by atoms with Crippen LogP contribution in [0.25, 0.3) is 0 Å².